The Morgan fingerprint density at radius 2 is 1.94 bits per heavy atom. The Labute approximate surface area is 104 Å². The van der Waals surface area contributed by atoms with Crippen molar-refractivity contribution in [3.8, 4) is 5.75 Å². The van der Waals surface area contributed by atoms with Gasteiger partial charge in [0.15, 0.2) is 0 Å². The highest BCUT2D eigenvalue weighted by atomic mass is 16.5. The van der Waals surface area contributed by atoms with Gasteiger partial charge in [-0.05, 0) is 44.5 Å². The lowest BCUT2D eigenvalue weighted by Gasteiger charge is -2.24. The SMILES string of the molecule is COCCN(C)C(C)CCc1ccc(O)cc1. The molecule has 0 saturated heterocycles. The summed E-state index contributed by atoms with van der Waals surface area (Å²) >= 11 is 0. The van der Waals surface area contributed by atoms with Crippen molar-refractivity contribution in [3.05, 3.63) is 29.8 Å². The van der Waals surface area contributed by atoms with E-state index in [9.17, 15) is 5.11 Å². The average Bonchev–Trinajstić information content (AvgIpc) is 2.34. The number of ether oxygens (including phenoxy) is 1. The first-order valence-electron chi connectivity index (χ1n) is 6.10. The molecule has 1 atom stereocenters. The van der Waals surface area contributed by atoms with Crippen LogP contribution in [0.15, 0.2) is 24.3 Å². The van der Waals surface area contributed by atoms with Crippen molar-refractivity contribution in [2.24, 2.45) is 0 Å². The van der Waals surface area contributed by atoms with Crippen LogP contribution in [0.4, 0.5) is 0 Å². The number of phenolic OH excluding ortho intramolecular Hbond substituents is 1. The number of phenols is 1. The number of aromatic hydroxyl groups is 1. The minimum absolute atomic E-state index is 0.332. The lowest BCUT2D eigenvalue weighted by molar-refractivity contribution is 0.140. The van der Waals surface area contributed by atoms with E-state index in [4.69, 9.17) is 4.74 Å². The minimum atomic E-state index is 0.332. The van der Waals surface area contributed by atoms with Gasteiger partial charge in [0.1, 0.15) is 5.75 Å². The van der Waals surface area contributed by atoms with Crippen LogP contribution in [0.3, 0.4) is 0 Å². The monoisotopic (exact) mass is 237 g/mol. The Kier molecular flexibility index (Phi) is 6.01. The van der Waals surface area contributed by atoms with Crippen LogP contribution in [0.5, 0.6) is 5.75 Å². The molecular weight excluding hydrogens is 214 g/mol. The van der Waals surface area contributed by atoms with E-state index >= 15 is 0 Å². The second-order valence-corrected chi connectivity index (χ2v) is 4.53. The number of hydrogen-bond acceptors (Lipinski definition) is 3. The molecular formula is C14H23NO2. The van der Waals surface area contributed by atoms with E-state index in [0.717, 1.165) is 26.0 Å². The lowest BCUT2D eigenvalue weighted by Crippen LogP contribution is -2.32. The van der Waals surface area contributed by atoms with Gasteiger partial charge >= 0.3 is 0 Å². The predicted molar refractivity (Wildman–Crippen MR) is 70.4 cm³/mol. The highest BCUT2D eigenvalue weighted by Crippen LogP contribution is 2.13. The first-order chi connectivity index (χ1) is 8.13. The summed E-state index contributed by atoms with van der Waals surface area (Å²) in [5.41, 5.74) is 1.27. The molecule has 0 aliphatic heterocycles. The molecule has 0 bridgehead atoms. The quantitative estimate of drug-likeness (QED) is 0.790. The normalized spacial score (nSPS) is 12.9. The van der Waals surface area contributed by atoms with Crippen LogP contribution in [-0.2, 0) is 11.2 Å². The Bertz CT molecular complexity index is 311. The molecule has 1 aromatic carbocycles. The maximum atomic E-state index is 9.20. The number of hydrogen-bond donors (Lipinski definition) is 1. The van der Waals surface area contributed by atoms with Gasteiger partial charge in [0, 0.05) is 19.7 Å². The fourth-order valence-corrected chi connectivity index (χ4v) is 1.71. The topological polar surface area (TPSA) is 32.7 Å². The maximum Gasteiger partial charge on any atom is 0.115 e. The molecule has 0 aromatic heterocycles. The van der Waals surface area contributed by atoms with Crippen molar-refractivity contribution in [3.63, 3.8) is 0 Å². The molecule has 0 amide bonds. The first-order valence-corrected chi connectivity index (χ1v) is 6.10. The third kappa shape index (κ3) is 5.20. The zero-order valence-corrected chi connectivity index (χ0v) is 11.0. The molecule has 1 N–H and O–H groups in total. The number of methoxy groups -OCH3 is 1. The molecule has 3 heteroatoms. The third-order valence-corrected chi connectivity index (χ3v) is 3.19. The minimum Gasteiger partial charge on any atom is -0.508 e. The summed E-state index contributed by atoms with van der Waals surface area (Å²) in [5, 5.41) is 9.20. The third-order valence-electron chi connectivity index (χ3n) is 3.19. The average molecular weight is 237 g/mol. The maximum absolute atomic E-state index is 9.20. The Hall–Kier alpha value is -1.06. The van der Waals surface area contributed by atoms with Gasteiger partial charge in [-0.25, -0.2) is 0 Å². The van der Waals surface area contributed by atoms with Gasteiger partial charge < -0.3 is 14.7 Å². The summed E-state index contributed by atoms with van der Waals surface area (Å²) in [6, 6.07) is 8.00. The summed E-state index contributed by atoms with van der Waals surface area (Å²) in [4.78, 5) is 2.31. The van der Waals surface area contributed by atoms with Crippen LogP contribution < -0.4 is 0 Å². The van der Waals surface area contributed by atoms with Crippen LogP contribution in [0.25, 0.3) is 0 Å². The number of likely N-dealkylation sites (N-methyl/N-ethyl adjacent to an activating group) is 1. The van der Waals surface area contributed by atoms with Crippen molar-refractivity contribution < 1.29 is 9.84 Å². The molecule has 0 heterocycles. The molecule has 1 unspecified atom stereocenters. The van der Waals surface area contributed by atoms with Gasteiger partial charge in [-0.2, -0.15) is 0 Å². The molecule has 0 fully saturated rings. The molecule has 17 heavy (non-hydrogen) atoms. The van der Waals surface area contributed by atoms with E-state index < -0.39 is 0 Å². The number of aryl methyl sites for hydroxylation is 1. The first kappa shape index (κ1) is 14.0. The molecule has 0 aliphatic rings. The predicted octanol–water partition coefficient (Wildman–Crippen LogP) is 2.29. The molecule has 0 saturated carbocycles. The van der Waals surface area contributed by atoms with Crippen LogP contribution in [0.1, 0.15) is 18.9 Å². The molecule has 3 nitrogen and oxygen atoms in total. The zero-order valence-electron chi connectivity index (χ0n) is 11.0. The van der Waals surface area contributed by atoms with Gasteiger partial charge in [-0.15, -0.1) is 0 Å². The van der Waals surface area contributed by atoms with E-state index in [1.807, 2.05) is 12.1 Å². The summed E-state index contributed by atoms with van der Waals surface area (Å²) in [6.45, 7) is 3.98. The van der Waals surface area contributed by atoms with Crippen LogP contribution in [-0.4, -0.2) is 43.4 Å². The number of rotatable bonds is 7. The lowest BCUT2D eigenvalue weighted by atomic mass is 10.1. The second kappa shape index (κ2) is 7.30. The standard InChI is InChI=1S/C14H23NO2/c1-12(15(2)10-11-17-3)4-5-13-6-8-14(16)9-7-13/h6-9,12,16H,4-5,10-11H2,1-3H3. The Balaban J connectivity index is 2.32. The van der Waals surface area contributed by atoms with Crippen molar-refractivity contribution in [2.75, 3.05) is 27.3 Å². The fourth-order valence-electron chi connectivity index (χ4n) is 1.71. The van der Waals surface area contributed by atoms with Gasteiger partial charge in [-0.3, -0.25) is 0 Å². The second-order valence-electron chi connectivity index (χ2n) is 4.53. The van der Waals surface area contributed by atoms with E-state index in [-0.39, 0.29) is 0 Å². The van der Waals surface area contributed by atoms with E-state index in [2.05, 4.69) is 18.9 Å². The zero-order chi connectivity index (χ0) is 12.7. The van der Waals surface area contributed by atoms with E-state index in [1.165, 1.54) is 5.56 Å². The van der Waals surface area contributed by atoms with Crippen LogP contribution in [0, 0.1) is 0 Å². The fraction of sp³-hybridized carbons (Fsp3) is 0.571. The molecule has 0 aliphatic carbocycles. The molecule has 0 radical (unpaired) electrons. The number of nitrogens with zero attached hydrogens (tertiary/aromatic N) is 1. The van der Waals surface area contributed by atoms with Crippen molar-refractivity contribution in [1.82, 2.24) is 4.90 Å². The van der Waals surface area contributed by atoms with Crippen molar-refractivity contribution >= 4 is 0 Å². The van der Waals surface area contributed by atoms with Gasteiger partial charge in [0.05, 0.1) is 6.61 Å². The highest BCUT2D eigenvalue weighted by Gasteiger charge is 2.08. The van der Waals surface area contributed by atoms with Gasteiger partial charge in [0.2, 0.25) is 0 Å². The highest BCUT2D eigenvalue weighted by molar-refractivity contribution is 5.25. The van der Waals surface area contributed by atoms with Crippen LogP contribution in [0.2, 0.25) is 0 Å². The molecule has 1 aromatic rings. The Morgan fingerprint density at radius 1 is 1.29 bits per heavy atom. The van der Waals surface area contributed by atoms with Gasteiger partial charge in [-0.1, -0.05) is 12.1 Å². The number of benzene rings is 1. The molecule has 96 valence electrons. The summed E-state index contributed by atoms with van der Waals surface area (Å²) in [5.74, 6) is 0.332. The van der Waals surface area contributed by atoms with Gasteiger partial charge in [0.25, 0.3) is 0 Å². The Morgan fingerprint density at radius 3 is 2.53 bits per heavy atom. The molecule has 0 spiro atoms. The van der Waals surface area contributed by atoms with E-state index in [1.54, 1.807) is 19.2 Å². The smallest absolute Gasteiger partial charge is 0.115 e. The van der Waals surface area contributed by atoms with Crippen molar-refractivity contribution in [2.45, 2.75) is 25.8 Å². The molecule has 1 rings (SSSR count). The summed E-state index contributed by atoms with van der Waals surface area (Å²) in [7, 11) is 3.86. The summed E-state index contributed by atoms with van der Waals surface area (Å²) < 4.78 is 5.07. The van der Waals surface area contributed by atoms with Crippen LogP contribution >= 0.6 is 0 Å². The van der Waals surface area contributed by atoms with E-state index in [0.29, 0.717) is 11.8 Å². The largest absolute Gasteiger partial charge is 0.508 e. The van der Waals surface area contributed by atoms with Crippen molar-refractivity contribution in [1.29, 1.82) is 0 Å². The summed E-state index contributed by atoms with van der Waals surface area (Å²) in [6.07, 6.45) is 2.16.